The Morgan fingerprint density at radius 2 is 1.59 bits per heavy atom. The van der Waals surface area contributed by atoms with Crippen LogP contribution in [-0.2, 0) is 21.5 Å². The van der Waals surface area contributed by atoms with Gasteiger partial charge in [0.1, 0.15) is 16.4 Å². The average molecular weight is 516 g/mol. The zero-order chi connectivity index (χ0) is 24.3. The molecule has 1 aliphatic heterocycles. The summed E-state index contributed by atoms with van der Waals surface area (Å²) in [5.41, 5.74) is 1.28. The van der Waals surface area contributed by atoms with Crippen LogP contribution >= 0.6 is 23.4 Å². The molecule has 0 spiro atoms. The first-order valence-corrected chi connectivity index (χ1v) is 12.5. The Balaban J connectivity index is 1.46. The molecule has 0 atom stereocenters. The van der Waals surface area contributed by atoms with Crippen LogP contribution in [0.4, 0.5) is 4.79 Å². The number of amides is 2. The van der Waals surface area contributed by atoms with Gasteiger partial charge in [-0.25, -0.2) is 0 Å². The number of methoxy groups -OCH3 is 1. The summed E-state index contributed by atoms with van der Waals surface area (Å²) in [7, 11) is -2.53. The van der Waals surface area contributed by atoms with Crippen molar-refractivity contribution in [2.75, 3.05) is 7.11 Å². The molecular formula is C24H18ClNO6S2. The summed E-state index contributed by atoms with van der Waals surface area (Å²) < 4.78 is 35.2. The van der Waals surface area contributed by atoms with Crippen LogP contribution in [0.3, 0.4) is 0 Å². The van der Waals surface area contributed by atoms with E-state index >= 15 is 0 Å². The molecule has 1 aliphatic rings. The van der Waals surface area contributed by atoms with Crippen molar-refractivity contribution in [3.8, 4) is 11.5 Å². The molecule has 0 radical (unpaired) electrons. The van der Waals surface area contributed by atoms with Crippen molar-refractivity contribution >= 4 is 50.7 Å². The standard InChI is InChI=1S/C24H18ClNO6S2/c1-31-18-10-12-20(13-11-18)34(29,30)32-19-8-6-16(7-9-19)14-22-23(27)26(24(28)33-22)15-17-4-2-3-5-21(17)25/h2-14H,15H2,1H3/b22-14-. The van der Waals surface area contributed by atoms with Gasteiger partial charge in [-0.05, 0) is 71.4 Å². The van der Waals surface area contributed by atoms with E-state index in [9.17, 15) is 18.0 Å². The summed E-state index contributed by atoms with van der Waals surface area (Å²) in [6, 6.07) is 19.0. The van der Waals surface area contributed by atoms with Gasteiger partial charge in [-0.3, -0.25) is 14.5 Å². The number of carbonyl (C=O) groups excluding carboxylic acids is 2. The number of rotatable bonds is 7. The number of hydrogen-bond donors (Lipinski definition) is 0. The van der Waals surface area contributed by atoms with Crippen LogP contribution in [0.5, 0.6) is 11.5 Å². The second kappa shape index (κ2) is 9.92. The van der Waals surface area contributed by atoms with E-state index in [1.54, 1.807) is 42.5 Å². The van der Waals surface area contributed by atoms with Gasteiger partial charge in [-0.1, -0.05) is 41.9 Å². The summed E-state index contributed by atoms with van der Waals surface area (Å²) in [5, 5.41) is 0.0902. The van der Waals surface area contributed by atoms with E-state index in [1.165, 1.54) is 43.5 Å². The Labute approximate surface area is 206 Å². The van der Waals surface area contributed by atoms with Crippen LogP contribution in [0.2, 0.25) is 5.02 Å². The molecule has 0 N–H and O–H groups in total. The van der Waals surface area contributed by atoms with Crippen molar-refractivity contribution in [1.29, 1.82) is 0 Å². The Bertz CT molecular complexity index is 1370. The zero-order valence-corrected chi connectivity index (χ0v) is 20.2. The summed E-state index contributed by atoms with van der Waals surface area (Å²) in [4.78, 5) is 26.5. The van der Waals surface area contributed by atoms with E-state index in [2.05, 4.69) is 0 Å². The second-order valence-corrected chi connectivity index (χ2v) is 10.1. The third kappa shape index (κ3) is 5.27. The molecule has 3 aromatic carbocycles. The Hall–Kier alpha value is -3.27. The van der Waals surface area contributed by atoms with Gasteiger partial charge in [0.05, 0.1) is 18.6 Å². The summed E-state index contributed by atoms with van der Waals surface area (Å²) >= 11 is 6.98. The normalized spacial score (nSPS) is 15.1. The van der Waals surface area contributed by atoms with E-state index in [-0.39, 0.29) is 27.3 Å². The molecule has 174 valence electrons. The van der Waals surface area contributed by atoms with Crippen LogP contribution in [0.25, 0.3) is 6.08 Å². The molecule has 0 saturated carbocycles. The lowest BCUT2D eigenvalue weighted by Crippen LogP contribution is -2.27. The van der Waals surface area contributed by atoms with E-state index in [1.807, 2.05) is 0 Å². The van der Waals surface area contributed by atoms with E-state index < -0.39 is 16.0 Å². The molecule has 34 heavy (non-hydrogen) atoms. The minimum absolute atomic E-state index is 0.00966. The maximum Gasteiger partial charge on any atom is 0.339 e. The number of benzene rings is 3. The van der Waals surface area contributed by atoms with Crippen LogP contribution in [-0.4, -0.2) is 31.6 Å². The third-order valence-electron chi connectivity index (χ3n) is 4.89. The number of nitrogens with zero attached hydrogens (tertiary/aromatic N) is 1. The SMILES string of the molecule is COc1ccc(S(=O)(=O)Oc2ccc(/C=C3\SC(=O)N(Cc4ccccc4Cl)C3=O)cc2)cc1. The van der Waals surface area contributed by atoms with Gasteiger partial charge >= 0.3 is 10.1 Å². The van der Waals surface area contributed by atoms with Gasteiger partial charge in [-0.2, -0.15) is 8.42 Å². The van der Waals surface area contributed by atoms with Crippen molar-refractivity contribution in [2.45, 2.75) is 11.4 Å². The van der Waals surface area contributed by atoms with Crippen molar-refractivity contribution < 1.29 is 26.9 Å². The van der Waals surface area contributed by atoms with Gasteiger partial charge in [0.25, 0.3) is 11.1 Å². The monoisotopic (exact) mass is 515 g/mol. The highest BCUT2D eigenvalue weighted by Gasteiger charge is 2.35. The van der Waals surface area contributed by atoms with Gasteiger partial charge in [0.15, 0.2) is 0 Å². The fourth-order valence-electron chi connectivity index (χ4n) is 3.12. The minimum Gasteiger partial charge on any atom is -0.497 e. The predicted molar refractivity (Wildman–Crippen MR) is 130 cm³/mol. The van der Waals surface area contributed by atoms with Crippen LogP contribution in [0.1, 0.15) is 11.1 Å². The van der Waals surface area contributed by atoms with Crippen LogP contribution < -0.4 is 8.92 Å². The first-order valence-electron chi connectivity index (χ1n) is 9.94. The van der Waals surface area contributed by atoms with Gasteiger partial charge in [0.2, 0.25) is 0 Å². The smallest absolute Gasteiger partial charge is 0.339 e. The Morgan fingerprint density at radius 3 is 2.24 bits per heavy atom. The van der Waals surface area contributed by atoms with Gasteiger partial charge in [-0.15, -0.1) is 0 Å². The molecule has 7 nitrogen and oxygen atoms in total. The molecule has 3 aromatic rings. The summed E-state index contributed by atoms with van der Waals surface area (Å²) in [6.07, 6.45) is 1.57. The van der Waals surface area contributed by atoms with E-state index in [4.69, 9.17) is 20.5 Å². The molecule has 1 heterocycles. The summed E-state index contributed by atoms with van der Waals surface area (Å²) in [5.74, 6) is 0.219. The van der Waals surface area contributed by atoms with Crippen molar-refractivity contribution in [1.82, 2.24) is 4.90 Å². The number of ether oxygens (including phenoxy) is 1. The number of imide groups is 1. The highest BCUT2D eigenvalue weighted by atomic mass is 35.5. The maximum atomic E-state index is 12.8. The minimum atomic E-state index is -4.02. The number of thioether (sulfide) groups is 1. The van der Waals surface area contributed by atoms with E-state index in [0.717, 1.165) is 16.7 Å². The largest absolute Gasteiger partial charge is 0.497 e. The quantitative estimate of drug-likeness (QED) is 0.309. The topological polar surface area (TPSA) is 90.0 Å². The molecule has 0 aromatic heterocycles. The fourth-order valence-corrected chi connectivity index (χ4v) is 5.09. The first kappa shape index (κ1) is 23.9. The average Bonchev–Trinajstić information content (AvgIpc) is 3.09. The molecule has 10 heteroatoms. The summed E-state index contributed by atoms with van der Waals surface area (Å²) in [6.45, 7) is 0.0810. The highest BCUT2D eigenvalue weighted by Crippen LogP contribution is 2.34. The van der Waals surface area contributed by atoms with Gasteiger partial charge < -0.3 is 8.92 Å². The molecule has 1 saturated heterocycles. The second-order valence-electron chi connectivity index (χ2n) is 7.14. The van der Waals surface area contributed by atoms with Crippen molar-refractivity contribution in [3.63, 3.8) is 0 Å². The fraction of sp³-hybridized carbons (Fsp3) is 0.0833. The van der Waals surface area contributed by atoms with Crippen LogP contribution in [0, 0.1) is 0 Å². The Morgan fingerprint density at radius 1 is 0.941 bits per heavy atom. The third-order valence-corrected chi connectivity index (χ3v) is 7.43. The lowest BCUT2D eigenvalue weighted by Gasteiger charge is -2.13. The van der Waals surface area contributed by atoms with Crippen LogP contribution in [0.15, 0.2) is 82.6 Å². The molecule has 0 bridgehead atoms. The van der Waals surface area contributed by atoms with Gasteiger partial charge in [0, 0.05) is 5.02 Å². The predicted octanol–water partition coefficient (Wildman–Crippen LogP) is 5.35. The van der Waals surface area contributed by atoms with Crippen molar-refractivity contribution in [2.24, 2.45) is 0 Å². The number of halogens is 1. The molecule has 2 amide bonds. The molecule has 0 aliphatic carbocycles. The number of hydrogen-bond acceptors (Lipinski definition) is 7. The molecule has 0 unspecified atom stereocenters. The highest BCUT2D eigenvalue weighted by molar-refractivity contribution is 8.18. The lowest BCUT2D eigenvalue weighted by molar-refractivity contribution is -0.123. The first-order chi connectivity index (χ1) is 16.3. The molecule has 4 rings (SSSR count). The maximum absolute atomic E-state index is 12.8. The molecular weight excluding hydrogens is 498 g/mol. The molecule has 1 fully saturated rings. The zero-order valence-electron chi connectivity index (χ0n) is 17.8. The lowest BCUT2D eigenvalue weighted by atomic mass is 10.2. The van der Waals surface area contributed by atoms with Crippen molar-refractivity contribution in [3.05, 3.63) is 93.9 Å². The Kier molecular flexibility index (Phi) is 6.97. The van der Waals surface area contributed by atoms with E-state index in [0.29, 0.717) is 21.9 Å². The number of carbonyl (C=O) groups is 2.